The van der Waals surface area contributed by atoms with E-state index in [2.05, 4.69) is 18.8 Å². The molecular weight excluding hydrogens is 156 g/mol. The third-order valence-electron chi connectivity index (χ3n) is 1.56. The zero-order chi connectivity index (χ0) is 8.36. The van der Waals surface area contributed by atoms with Crippen LogP contribution in [0.1, 0.15) is 45.4 Å². The van der Waals surface area contributed by atoms with E-state index in [0.29, 0.717) is 0 Å². The van der Waals surface area contributed by atoms with E-state index in [1.165, 1.54) is 38.0 Å². The average molecular weight is 172 g/mol. The molecule has 0 aromatic carbocycles. The van der Waals surface area contributed by atoms with Crippen molar-refractivity contribution in [2.75, 3.05) is 0 Å². The van der Waals surface area contributed by atoms with Gasteiger partial charge in [0.25, 0.3) is 0 Å². The molecule has 0 aliphatic carbocycles. The smallest absolute Gasteiger partial charge is 0.106 e. The average Bonchev–Trinajstić information content (AvgIpc) is 2.03. The van der Waals surface area contributed by atoms with Crippen molar-refractivity contribution in [3.8, 4) is 11.8 Å². The molecule has 0 N–H and O–H groups in total. The van der Waals surface area contributed by atoms with Gasteiger partial charge in [0.05, 0.1) is 0 Å². The maximum Gasteiger partial charge on any atom is 0.122 e. The van der Waals surface area contributed by atoms with Crippen LogP contribution in [0.2, 0.25) is 0 Å². The van der Waals surface area contributed by atoms with Gasteiger partial charge in [0, 0.05) is 6.42 Å². The molecule has 1 radical (unpaired) electrons. The van der Waals surface area contributed by atoms with E-state index in [0.717, 1.165) is 6.42 Å². The minimum Gasteiger partial charge on any atom is -0.106 e. The fraction of sp³-hybridized carbons (Fsp3) is 0.700. The van der Waals surface area contributed by atoms with Crippen molar-refractivity contribution in [3.63, 3.8) is 0 Å². The lowest BCUT2D eigenvalue weighted by molar-refractivity contribution is 0.641. The summed E-state index contributed by atoms with van der Waals surface area (Å²) in [7, 11) is 0. The van der Waals surface area contributed by atoms with Crippen LogP contribution in [0, 0.1) is 17.7 Å². The number of hydrogen-bond acceptors (Lipinski definition) is 0. The Morgan fingerprint density at radius 1 is 1.18 bits per heavy atom. The first-order valence-electron chi connectivity index (χ1n) is 4.32. The minimum atomic E-state index is 0.993. The summed E-state index contributed by atoms with van der Waals surface area (Å²) in [5, 5.41) is 0. The monoisotopic (exact) mass is 171 g/mol. The quantitative estimate of drug-likeness (QED) is 0.437. The number of hydrogen-bond donors (Lipinski definition) is 0. The van der Waals surface area contributed by atoms with E-state index >= 15 is 0 Å². The fourth-order valence-corrected chi connectivity index (χ4v) is 1.00. The molecular formula is C10H16Cl. The molecule has 0 amide bonds. The van der Waals surface area contributed by atoms with Crippen LogP contribution < -0.4 is 0 Å². The van der Waals surface area contributed by atoms with Crippen molar-refractivity contribution in [3.05, 3.63) is 5.88 Å². The summed E-state index contributed by atoms with van der Waals surface area (Å²) in [6.07, 6.45) is 7.54. The zero-order valence-corrected chi connectivity index (χ0v) is 7.95. The van der Waals surface area contributed by atoms with Gasteiger partial charge in [0.1, 0.15) is 5.88 Å². The molecule has 0 spiro atoms. The highest BCUT2D eigenvalue weighted by atomic mass is 35.5. The summed E-state index contributed by atoms with van der Waals surface area (Å²) in [4.78, 5) is 0. The van der Waals surface area contributed by atoms with Crippen molar-refractivity contribution in [1.29, 1.82) is 0 Å². The van der Waals surface area contributed by atoms with Crippen molar-refractivity contribution < 1.29 is 0 Å². The topological polar surface area (TPSA) is 0 Å². The molecule has 0 aliphatic heterocycles. The molecule has 0 fully saturated rings. The first kappa shape index (κ1) is 10.8. The van der Waals surface area contributed by atoms with Crippen LogP contribution in [0.4, 0.5) is 0 Å². The van der Waals surface area contributed by atoms with Gasteiger partial charge in [-0.2, -0.15) is 0 Å². The van der Waals surface area contributed by atoms with E-state index in [1.54, 1.807) is 0 Å². The lowest BCUT2D eigenvalue weighted by atomic mass is 10.1. The molecule has 0 aliphatic rings. The molecule has 0 saturated carbocycles. The lowest BCUT2D eigenvalue weighted by Gasteiger charge is -1.94. The predicted molar refractivity (Wildman–Crippen MR) is 51.3 cm³/mol. The third kappa shape index (κ3) is 9.85. The molecule has 1 heteroatoms. The molecule has 0 rings (SSSR count). The second-order valence-electron chi connectivity index (χ2n) is 2.59. The summed E-state index contributed by atoms with van der Waals surface area (Å²) in [6, 6.07) is 0. The van der Waals surface area contributed by atoms with E-state index in [9.17, 15) is 0 Å². The maximum absolute atomic E-state index is 5.27. The van der Waals surface area contributed by atoms with Crippen LogP contribution in [-0.4, -0.2) is 0 Å². The van der Waals surface area contributed by atoms with E-state index < -0.39 is 0 Å². The predicted octanol–water partition coefficient (Wildman–Crippen LogP) is 3.75. The van der Waals surface area contributed by atoms with E-state index in [-0.39, 0.29) is 0 Å². The Labute approximate surface area is 75.3 Å². The normalized spacial score (nSPS) is 8.91. The van der Waals surface area contributed by atoms with Gasteiger partial charge in [-0.15, -0.1) is 17.5 Å². The second kappa shape index (κ2) is 9.85. The summed E-state index contributed by atoms with van der Waals surface area (Å²) in [5.41, 5.74) is 0. The second-order valence-corrected chi connectivity index (χ2v) is 2.81. The fourth-order valence-electron chi connectivity index (χ4n) is 0.928. The highest BCUT2D eigenvalue weighted by Crippen LogP contribution is 2.03. The van der Waals surface area contributed by atoms with Gasteiger partial charge in [0.15, 0.2) is 0 Å². The van der Waals surface area contributed by atoms with Gasteiger partial charge in [-0.25, -0.2) is 0 Å². The van der Waals surface area contributed by atoms with Crippen LogP contribution in [0.5, 0.6) is 0 Å². The SMILES string of the molecule is CCCCCCCC#C[CH]Cl. The van der Waals surface area contributed by atoms with Crippen LogP contribution >= 0.6 is 11.6 Å². The van der Waals surface area contributed by atoms with Gasteiger partial charge in [-0.05, 0) is 6.42 Å². The third-order valence-corrected chi connectivity index (χ3v) is 1.67. The highest BCUT2D eigenvalue weighted by Gasteiger charge is 1.85. The van der Waals surface area contributed by atoms with Crippen molar-refractivity contribution in [2.45, 2.75) is 45.4 Å². The number of rotatable bonds is 5. The molecule has 0 heterocycles. The van der Waals surface area contributed by atoms with E-state index in [1.807, 2.05) is 0 Å². The Hall–Kier alpha value is -0.150. The van der Waals surface area contributed by atoms with Gasteiger partial charge in [-0.1, -0.05) is 38.5 Å². The maximum atomic E-state index is 5.27. The summed E-state index contributed by atoms with van der Waals surface area (Å²) < 4.78 is 0. The van der Waals surface area contributed by atoms with Crippen LogP contribution in [-0.2, 0) is 0 Å². The number of halogens is 1. The molecule has 63 valence electrons. The van der Waals surface area contributed by atoms with Gasteiger partial charge in [-0.3, -0.25) is 0 Å². The molecule has 11 heavy (non-hydrogen) atoms. The van der Waals surface area contributed by atoms with Crippen LogP contribution in [0.15, 0.2) is 0 Å². The van der Waals surface area contributed by atoms with Crippen LogP contribution in [0.3, 0.4) is 0 Å². The molecule has 0 atom stereocenters. The minimum absolute atomic E-state index is 0.993. The standard InChI is InChI=1S/C10H16Cl/c1-2-3-4-5-6-7-8-9-10-11/h10H,2-7H2,1H3. The molecule has 0 unspecified atom stereocenters. The Morgan fingerprint density at radius 2 is 1.91 bits per heavy atom. The summed E-state index contributed by atoms with van der Waals surface area (Å²) >= 11 is 5.27. The molecule has 0 saturated heterocycles. The first-order chi connectivity index (χ1) is 5.41. The van der Waals surface area contributed by atoms with Crippen molar-refractivity contribution in [1.82, 2.24) is 0 Å². The van der Waals surface area contributed by atoms with Crippen molar-refractivity contribution in [2.24, 2.45) is 0 Å². The Kier molecular flexibility index (Phi) is 9.72. The first-order valence-corrected chi connectivity index (χ1v) is 4.75. The van der Waals surface area contributed by atoms with Crippen molar-refractivity contribution >= 4 is 11.6 Å². The molecule has 0 nitrogen and oxygen atoms in total. The Morgan fingerprint density at radius 3 is 2.55 bits per heavy atom. The van der Waals surface area contributed by atoms with Gasteiger partial charge >= 0.3 is 0 Å². The molecule has 0 bridgehead atoms. The Bertz CT molecular complexity index is 119. The lowest BCUT2D eigenvalue weighted by Crippen LogP contribution is -1.75. The number of unbranched alkanes of at least 4 members (excludes halogenated alkanes) is 5. The Balaban J connectivity index is 2.90. The molecule has 0 aromatic heterocycles. The van der Waals surface area contributed by atoms with Crippen LogP contribution in [0.25, 0.3) is 0 Å². The molecule has 0 aromatic rings. The summed E-state index contributed by atoms with van der Waals surface area (Å²) in [5.74, 6) is 7.09. The largest absolute Gasteiger partial charge is 0.122 e. The van der Waals surface area contributed by atoms with E-state index in [4.69, 9.17) is 11.6 Å². The summed E-state index contributed by atoms with van der Waals surface area (Å²) in [6.45, 7) is 2.22. The van der Waals surface area contributed by atoms with Gasteiger partial charge in [0.2, 0.25) is 0 Å². The zero-order valence-electron chi connectivity index (χ0n) is 7.20. The van der Waals surface area contributed by atoms with Gasteiger partial charge < -0.3 is 0 Å². The highest BCUT2D eigenvalue weighted by molar-refractivity contribution is 6.25.